The maximum absolute atomic E-state index is 14.4. The Kier molecular flexibility index (Phi) is 9.35. The summed E-state index contributed by atoms with van der Waals surface area (Å²) in [6.45, 7) is 11.4. The van der Waals surface area contributed by atoms with E-state index < -0.39 is 56.5 Å². The van der Waals surface area contributed by atoms with Gasteiger partial charge in [0.25, 0.3) is 0 Å². The van der Waals surface area contributed by atoms with Gasteiger partial charge in [-0.1, -0.05) is 81.4 Å². The van der Waals surface area contributed by atoms with E-state index in [2.05, 4.69) is 35.7 Å². The predicted molar refractivity (Wildman–Crippen MR) is 185 cm³/mol. The third kappa shape index (κ3) is 6.89. The number of rotatable bonds is 8. The van der Waals surface area contributed by atoms with E-state index in [1.54, 1.807) is 18.7 Å². The number of carbonyl (C=O) groups excluding carboxylic acids is 1. The van der Waals surface area contributed by atoms with Gasteiger partial charge >= 0.3 is 12.3 Å². The molecule has 15 heteroatoms. The Labute approximate surface area is 290 Å². The van der Waals surface area contributed by atoms with Crippen molar-refractivity contribution < 1.29 is 31.9 Å². The molecule has 2 aliphatic heterocycles. The number of nitrogens with two attached hydrogens (primary N) is 1. The Bertz CT molecular complexity index is 1800. The molecule has 1 atom stereocenters. The predicted octanol–water partition coefficient (Wildman–Crippen LogP) is 5.74. The molecule has 2 aromatic carbocycles. The van der Waals surface area contributed by atoms with Crippen LogP contribution < -0.4 is 15.5 Å². The molecule has 2 saturated heterocycles. The number of morpholine rings is 1. The second-order valence-electron chi connectivity index (χ2n) is 14.1. The van der Waals surface area contributed by atoms with Crippen LogP contribution in [0.5, 0.6) is 0 Å². The SMILES string of the molecule is CC(C)(C)[SiH2]OC(c1ccccc1)(c1ccccc1)[C@H]1N(c2cc(-c3cnc(N)nc3C(F)(F)F)nc(N3CCOCC3)n2)C(=O)OC1(C)C. The first-order valence-corrected chi connectivity index (χ1v) is 17.6. The van der Waals surface area contributed by atoms with Crippen molar-refractivity contribution in [2.45, 2.75) is 63.1 Å². The van der Waals surface area contributed by atoms with E-state index in [0.29, 0.717) is 26.3 Å². The van der Waals surface area contributed by atoms with Crippen molar-refractivity contribution in [3.8, 4) is 11.3 Å². The zero-order valence-corrected chi connectivity index (χ0v) is 30.0. The van der Waals surface area contributed by atoms with Crippen molar-refractivity contribution in [1.29, 1.82) is 0 Å². The van der Waals surface area contributed by atoms with E-state index in [-0.39, 0.29) is 22.5 Å². The van der Waals surface area contributed by atoms with Crippen LogP contribution in [0.25, 0.3) is 11.3 Å². The van der Waals surface area contributed by atoms with Crippen LogP contribution in [0.1, 0.15) is 51.4 Å². The van der Waals surface area contributed by atoms with Crippen LogP contribution in [-0.2, 0) is 25.7 Å². The zero-order chi connectivity index (χ0) is 35.9. The van der Waals surface area contributed by atoms with Gasteiger partial charge in [0.1, 0.15) is 23.1 Å². The van der Waals surface area contributed by atoms with Crippen LogP contribution in [0.2, 0.25) is 5.04 Å². The average Bonchev–Trinajstić information content (AvgIpc) is 3.33. The Hall–Kier alpha value is -4.60. The minimum absolute atomic E-state index is 0.0271. The summed E-state index contributed by atoms with van der Waals surface area (Å²) in [5.74, 6) is -0.402. The summed E-state index contributed by atoms with van der Waals surface area (Å²) >= 11 is 0. The first-order valence-electron chi connectivity index (χ1n) is 16.3. The molecule has 4 heterocycles. The monoisotopic (exact) mass is 707 g/mol. The van der Waals surface area contributed by atoms with Gasteiger partial charge in [-0.3, -0.25) is 4.90 Å². The molecular weight excluding hydrogens is 668 g/mol. The van der Waals surface area contributed by atoms with Gasteiger partial charge in [0, 0.05) is 30.9 Å². The normalized spacial score (nSPS) is 18.6. The Morgan fingerprint density at radius 2 is 1.54 bits per heavy atom. The minimum Gasteiger partial charge on any atom is -0.441 e. The van der Waals surface area contributed by atoms with Crippen molar-refractivity contribution >= 4 is 33.6 Å². The Morgan fingerprint density at radius 3 is 2.10 bits per heavy atom. The van der Waals surface area contributed by atoms with Crippen molar-refractivity contribution in [1.82, 2.24) is 19.9 Å². The summed E-state index contributed by atoms with van der Waals surface area (Å²) < 4.78 is 62.1. The summed E-state index contributed by atoms with van der Waals surface area (Å²) in [4.78, 5) is 34.3. The number of nitrogens with zero attached hydrogens (tertiary/aromatic N) is 6. The van der Waals surface area contributed by atoms with Crippen LogP contribution in [0.4, 0.5) is 35.7 Å². The molecule has 11 nitrogen and oxygen atoms in total. The third-order valence-corrected chi connectivity index (χ3v) is 10.0. The summed E-state index contributed by atoms with van der Waals surface area (Å²) in [7, 11) is -1.34. The number of carbonyl (C=O) groups is 1. The fraction of sp³-hybridized carbons (Fsp3) is 0.400. The zero-order valence-electron chi connectivity index (χ0n) is 28.6. The molecule has 2 aromatic heterocycles. The molecule has 50 heavy (non-hydrogen) atoms. The molecule has 0 spiro atoms. The highest BCUT2D eigenvalue weighted by Gasteiger charge is 2.61. The van der Waals surface area contributed by atoms with Gasteiger partial charge in [-0.05, 0) is 30.0 Å². The second-order valence-corrected chi connectivity index (χ2v) is 16.8. The van der Waals surface area contributed by atoms with Crippen LogP contribution >= 0.6 is 0 Å². The molecule has 2 aliphatic rings. The standard InChI is InChI=1S/C35H40F3N7O4Si/c1-32(2,3)50-49-34(22-12-8-6-9-13-22,23-14-10-7-11-15-23)28-33(4,5)48-31(46)45(28)26-20-25(41-30(42-26)44-16-18-47-19-17-44)24-21-40-29(39)43-27(24)35(36,37)38/h6-15,20-21,28H,16-19,50H2,1-5H3,(H2,39,40,43)/t28-/m0/s1. The fourth-order valence-corrected chi connectivity index (χ4v) is 7.61. The number of aromatic nitrogens is 4. The number of benzene rings is 2. The molecule has 0 bridgehead atoms. The smallest absolute Gasteiger partial charge is 0.434 e. The fourth-order valence-electron chi connectivity index (χ4n) is 6.46. The molecule has 264 valence electrons. The van der Waals surface area contributed by atoms with Crippen molar-refractivity contribution in [3.05, 3.63) is 89.7 Å². The minimum atomic E-state index is -4.88. The molecule has 4 aromatic rings. The number of amides is 1. The first-order chi connectivity index (χ1) is 23.6. The largest absolute Gasteiger partial charge is 0.441 e. The van der Waals surface area contributed by atoms with Crippen LogP contribution in [0, 0.1) is 0 Å². The third-order valence-electron chi connectivity index (χ3n) is 8.58. The molecule has 2 N–H and O–H groups in total. The number of cyclic esters (lactones) is 1. The van der Waals surface area contributed by atoms with Crippen LogP contribution in [-0.4, -0.2) is 73.7 Å². The highest BCUT2D eigenvalue weighted by Crippen LogP contribution is 2.50. The Morgan fingerprint density at radius 1 is 0.940 bits per heavy atom. The van der Waals surface area contributed by atoms with Gasteiger partial charge in [-0.25, -0.2) is 19.7 Å². The molecule has 0 aliphatic carbocycles. The maximum atomic E-state index is 14.4. The number of nitrogen functional groups attached to an aromatic ring is 1. The summed E-state index contributed by atoms with van der Waals surface area (Å²) in [6, 6.07) is 19.7. The van der Waals surface area contributed by atoms with E-state index in [9.17, 15) is 18.0 Å². The average molecular weight is 708 g/mol. The molecule has 0 saturated carbocycles. The molecular formula is C35H40F3N7O4Si. The first kappa shape index (κ1) is 35.2. The van der Waals surface area contributed by atoms with Gasteiger partial charge in [-0.15, -0.1) is 0 Å². The second kappa shape index (κ2) is 13.3. The lowest BCUT2D eigenvalue weighted by Crippen LogP contribution is -2.59. The van der Waals surface area contributed by atoms with Gasteiger partial charge in [0.05, 0.1) is 18.9 Å². The van der Waals surface area contributed by atoms with E-state index >= 15 is 0 Å². The molecule has 6 rings (SSSR count). The number of halogens is 3. The van der Waals surface area contributed by atoms with Gasteiger partial charge in [-0.2, -0.15) is 18.2 Å². The van der Waals surface area contributed by atoms with Gasteiger partial charge < -0.3 is 24.5 Å². The Balaban J connectivity index is 1.64. The number of hydrogen-bond donors (Lipinski definition) is 1. The van der Waals surface area contributed by atoms with Crippen LogP contribution in [0.3, 0.4) is 0 Å². The summed E-state index contributed by atoms with van der Waals surface area (Å²) in [5.41, 5.74) is 2.86. The highest BCUT2D eigenvalue weighted by atomic mass is 28.2. The van der Waals surface area contributed by atoms with E-state index in [4.69, 9.17) is 24.6 Å². The van der Waals surface area contributed by atoms with Gasteiger partial charge in [0.15, 0.2) is 15.5 Å². The number of ether oxygens (including phenoxy) is 2. The maximum Gasteiger partial charge on any atom is 0.434 e. The van der Waals surface area contributed by atoms with Crippen molar-refractivity contribution in [2.24, 2.45) is 0 Å². The molecule has 1 amide bonds. The topological polar surface area (TPSA) is 129 Å². The van der Waals surface area contributed by atoms with E-state index in [0.717, 1.165) is 17.3 Å². The van der Waals surface area contributed by atoms with Gasteiger partial charge in [0.2, 0.25) is 11.9 Å². The lowest BCUT2D eigenvalue weighted by atomic mass is 9.74. The number of anilines is 3. The number of alkyl halides is 3. The lowest BCUT2D eigenvalue weighted by Gasteiger charge is -2.47. The summed E-state index contributed by atoms with van der Waals surface area (Å²) in [6.07, 6.45) is -4.63. The van der Waals surface area contributed by atoms with Crippen LogP contribution in [0.15, 0.2) is 72.9 Å². The van der Waals surface area contributed by atoms with E-state index in [1.165, 1.54) is 11.0 Å². The molecule has 2 fully saturated rings. The molecule has 0 unspecified atom stereocenters. The molecule has 0 radical (unpaired) electrons. The van der Waals surface area contributed by atoms with Crippen molar-refractivity contribution in [3.63, 3.8) is 0 Å². The highest BCUT2D eigenvalue weighted by molar-refractivity contribution is 6.32. The number of hydrogen-bond acceptors (Lipinski definition) is 10. The quantitative estimate of drug-likeness (QED) is 0.227. The van der Waals surface area contributed by atoms with Crippen molar-refractivity contribution in [2.75, 3.05) is 41.8 Å². The van der Waals surface area contributed by atoms with E-state index in [1.807, 2.05) is 60.7 Å². The summed E-state index contributed by atoms with van der Waals surface area (Å²) in [5, 5.41) is -0.165. The lowest BCUT2D eigenvalue weighted by molar-refractivity contribution is -0.140.